The van der Waals surface area contributed by atoms with Crippen LogP contribution in [-0.2, 0) is 23.1 Å². The third-order valence-electron chi connectivity index (χ3n) is 3.27. The van der Waals surface area contributed by atoms with Crippen molar-refractivity contribution in [2.24, 2.45) is 0 Å². The molecular weight excluding hydrogens is 365 g/mol. The van der Waals surface area contributed by atoms with Gasteiger partial charge in [0.05, 0.1) is 16.7 Å². The van der Waals surface area contributed by atoms with E-state index in [0.717, 1.165) is 6.07 Å². The first-order valence-electron chi connectivity index (χ1n) is 6.01. The van der Waals surface area contributed by atoms with E-state index in [9.17, 15) is 12.8 Å². The molecule has 1 aromatic heterocycles. The fourth-order valence-electron chi connectivity index (χ4n) is 2.16. The Morgan fingerprint density at radius 2 is 2.10 bits per heavy atom. The van der Waals surface area contributed by atoms with Crippen molar-refractivity contribution >= 4 is 31.6 Å². The SMILES string of the molecule is Nc1cc(F)c(Br)cc1S(=O)(=O)N1CCn2cnnc2C1. The van der Waals surface area contributed by atoms with Gasteiger partial charge >= 0.3 is 0 Å². The molecule has 10 heteroatoms. The molecule has 3 rings (SSSR count). The number of benzene rings is 1. The lowest BCUT2D eigenvalue weighted by Gasteiger charge is -2.26. The second-order valence-corrected chi connectivity index (χ2v) is 7.34. The first kappa shape index (κ1) is 14.4. The first-order valence-corrected chi connectivity index (χ1v) is 8.24. The van der Waals surface area contributed by atoms with Crippen molar-refractivity contribution in [2.45, 2.75) is 18.0 Å². The van der Waals surface area contributed by atoms with E-state index in [2.05, 4.69) is 26.1 Å². The van der Waals surface area contributed by atoms with Crippen molar-refractivity contribution in [3.8, 4) is 0 Å². The van der Waals surface area contributed by atoms with E-state index in [1.807, 2.05) is 0 Å². The van der Waals surface area contributed by atoms with Crippen molar-refractivity contribution in [1.82, 2.24) is 19.1 Å². The fourth-order valence-corrected chi connectivity index (χ4v) is 4.16. The highest BCUT2D eigenvalue weighted by atomic mass is 79.9. The summed E-state index contributed by atoms with van der Waals surface area (Å²) in [5.74, 6) is -0.0468. The summed E-state index contributed by atoms with van der Waals surface area (Å²) in [6, 6.07) is 2.17. The Labute approximate surface area is 128 Å². The van der Waals surface area contributed by atoms with Gasteiger partial charge in [-0.3, -0.25) is 0 Å². The zero-order chi connectivity index (χ0) is 15.2. The number of anilines is 1. The Bertz CT molecular complexity index is 807. The Morgan fingerprint density at radius 1 is 1.33 bits per heavy atom. The quantitative estimate of drug-likeness (QED) is 0.789. The third kappa shape index (κ3) is 2.43. The molecular formula is C11H11BrFN5O2S. The van der Waals surface area contributed by atoms with Gasteiger partial charge < -0.3 is 10.3 Å². The summed E-state index contributed by atoms with van der Waals surface area (Å²) in [5.41, 5.74) is 5.54. The van der Waals surface area contributed by atoms with Crippen molar-refractivity contribution in [1.29, 1.82) is 0 Å². The minimum atomic E-state index is -3.82. The van der Waals surface area contributed by atoms with E-state index in [1.54, 1.807) is 10.9 Å². The number of halogens is 2. The fraction of sp³-hybridized carbons (Fsp3) is 0.273. The average Bonchev–Trinajstić information content (AvgIpc) is 2.90. The lowest BCUT2D eigenvalue weighted by Crippen LogP contribution is -2.38. The van der Waals surface area contributed by atoms with E-state index >= 15 is 0 Å². The number of hydrogen-bond acceptors (Lipinski definition) is 5. The summed E-state index contributed by atoms with van der Waals surface area (Å²) in [7, 11) is -3.82. The highest BCUT2D eigenvalue weighted by Crippen LogP contribution is 2.29. The van der Waals surface area contributed by atoms with Gasteiger partial charge in [-0.2, -0.15) is 4.31 Å². The van der Waals surface area contributed by atoms with Gasteiger partial charge in [0.1, 0.15) is 22.9 Å². The van der Waals surface area contributed by atoms with Gasteiger partial charge in [-0.1, -0.05) is 0 Å². The van der Waals surface area contributed by atoms with Gasteiger partial charge in [0, 0.05) is 13.1 Å². The summed E-state index contributed by atoms with van der Waals surface area (Å²) < 4.78 is 41.8. The number of nitrogens with two attached hydrogens (primary N) is 1. The first-order chi connectivity index (χ1) is 9.89. The molecule has 0 amide bonds. The molecule has 1 aromatic carbocycles. The second kappa shape index (κ2) is 5.04. The van der Waals surface area contributed by atoms with E-state index in [1.165, 1.54) is 10.4 Å². The number of hydrogen-bond donors (Lipinski definition) is 1. The van der Waals surface area contributed by atoms with Crippen LogP contribution in [0.2, 0.25) is 0 Å². The molecule has 1 aliphatic heterocycles. The second-order valence-electron chi connectivity index (χ2n) is 4.58. The van der Waals surface area contributed by atoms with Crippen molar-refractivity contribution in [2.75, 3.05) is 12.3 Å². The smallest absolute Gasteiger partial charge is 0.245 e. The predicted octanol–water partition coefficient (Wildman–Crippen LogP) is 0.966. The number of rotatable bonds is 2. The van der Waals surface area contributed by atoms with Crippen LogP contribution in [-0.4, -0.2) is 34.0 Å². The van der Waals surface area contributed by atoms with Crippen LogP contribution >= 0.6 is 15.9 Å². The topological polar surface area (TPSA) is 94.1 Å². The van der Waals surface area contributed by atoms with Crippen LogP contribution in [0.25, 0.3) is 0 Å². The van der Waals surface area contributed by atoms with Crippen molar-refractivity contribution in [3.05, 3.63) is 34.6 Å². The summed E-state index contributed by atoms with van der Waals surface area (Å²) in [6.45, 7) is 0.850. The lowest BCUT2D eigenvalue weighted by molar-refractivity contribution is 0.335. The number of fused-ring (bicyclic) bond motifs is 1. The van der Waals surface area contributed by atoms with Gasteiger partial charge in [0.2, 0.25) is 10.0 Å². The van der Waals surface area contributed by atoms with Crippen LogP contribution < -0.4 is 5.73 Å². The van der Waals surface area contributed by atoms with Crippen LogP contribution in [0.3, 0.4) is 0 Å². The molecule has 0 unspecified atom stereocenters. The molecule has 0 radical (unpaired) electrons. The summed E-state index contributed by atoms with van der Waals surface area (Å²) in [4.78, 5) is -0.122. The molecule has 7 nitrogen and oxygen atoms in total. The minimum Gasteiger partial charge on any atom is -0.398 e. The minimum absolute atomic E-state index is 0.0513. The monoisotopic (exact) mass is 375 g/mol. The Kier molecular flexibility index (Phi) is 3.46. The number of nitrogen functional groups attached to an aromatic ring is 1. The molecule has 0 bridgehead atoms. The molecule has 0 spiro atoms. The highest BCUT2D eigenvalue weighted by Gasteiger charge is 2.31. The van der Waals surface area contributed by atoms with Gasteiger partial charge in [0.15, 0.2) is 0 Å². The molecule has 112 valence electrons. The third-order valence-corrected chi connectivity index (χ3v) is 5.78. The highest BCUT2D eigenvalue weighted by molar-refractivity contribution is 9.10. The molecule has 0 aliphatic carbocycles. The summed E-state index contributed by atoms with van der Waals surface area (Å²) in [6.07, 6.45) is 1.56. The van der Waals surface area contributed by atoms with E-state index < -0.39 is 15.8 Å². The Morgan fingerprint density at radius 3 is 2.86 bits per heavy atom. The van der Waals surface area contributed by atoms with Crippen LogP contribution in [0.4, 0.5) is 10.1 Å². The van der Waals surface area contributed by atoms with Gasteiger partial charge in [-0.15, -0.1) is 10.2 Å². The average molecular weight is 376 g/mol. The van der Waals surface area contributed by atoms with Crippen LogP contribution in [0.1, 0.15) is 5.82 Å². The Hall–Kier alpha value is -1.52. The van der Waals surface area contributed by atoms with Gasteiger partial charge in [-0.25, -0.2) is 12.8 Å². The predicted molar refractivity (Wildman–Crippen MR) is 76.1 cm³/mol. The van der Waals surface area contributed by atoms with Gasteiger partial charge in [0.25, 0.3) is 0 Å². The maximum atomic E-state index is 13.4. The van der Waals surface area contributed by atoms with Crippen molar-refractivity contribution in [3.63, 3.8) is 0 Å². The Balaban J connectivity index is 2.00. The molecule has 2 heterocycles. The molecule has 0 fully saturated rings. The normalized spacial score (nSPS) is 15.9. The van der Waals surface area contributed by atoms with Crippen LogP contribution in [0, 0.1) is 5.82 Å². The molecule has 0 saturated carbocycles. The summed E-state index contributed by atoms with van der Waals surface area (Å²) in [5, 5.41) is 7.62. The standard InChI is InChI=1S/C11H11BrFN5O2S/c12-7-3-10(9(14)4-8(7)13)21(19,20)18-2-1-17-6-15-16-11(17)5-18/h3-4,6H,1-2,5,14H2. The zero-order valence-electron chi connectivity index (χ0n) is 10.7. The number of nitrogens with zero attached hydrogens (tertiary/aromatic N) is 4. The largest absolute Gasteiger partial charge is 0.398 e. The van der Waals surface area contributed by atoms with Crippen molar-refractivity contribution < 1.29 is 12.8 Å². The molecule has 2 aromatic rings. The van der Waals surface area contributed by atoms with E-state index in [-0.39, 0.29) is 28.1 Å². The van der Waals surface area contributed by atoms with Gasteiger partial charge in [-0.05, 0) is 28.1 Å². The van der Waals surface area contributed by atoms with Crippen LogP contribution in [0.5, 0.6) is 0 Å². The molecule has 0 atom stereocenters. The van der Waals surface area contributed by atoms with E-state index in [4.69, 9.17) is 5.73 Å². The zero-order valence-corrected chi connectivity index (χ0v) is 13.1. The number of aromatic nitrogens is 3. The maximum absolute atomic E-state index is 13.4. The number of sulfonamides is 1. The molecule has 1 aliphatic rings. The van der Waals surface area contributed by atoms with E-state index in [0.29, 0.717) is 12.4 Å². The van der Waals surface area contributed by atoms with Crippen LogP contribution in [0.15, 0.2) is 27.8 Å². The summed E-state index contributed by atoms with van der Waals surface area (Å²) >= 11 is 2.98. The lowest BCUT2D eigenvalue weighted by atomic mass is 10.3. The molecule has 21 heavy (non-hydrogen) atoms. The molecule has 0 saturated heterocycles. The maximum Gasteiger partial charge on any atom is 0.245 e. The molecule has 2 N–H and O–H groups in total.